The van der Waals surface area contributed by atoms with E-state index in [1.165, 1.54) is 122 Å². The third kappa shape index (κ3) is 8.76. The van der Waals surface area contributed by atoms with E-state index in [4.69, 9.17) is 0 Å². The Balaban J connectivity index is 0.944. The van der Waals surface area contributed by atoms with Gasteiger partial charge < -0.3 is 0 Å². The highest BCUT2D eigenvalue weighted by molar-refractivity contribution is 6.06. The fourth-order valence-corrected chi connectivity index (χ4v) is 12.0. The van der Waals surface area contributed by atoms with Gasteiger partial charge in [0, 0.05) is 0 Å². The van der Waals surface area contributed by atoms with E-state index in [0.717, 1.165) is 0 Å². The molecule has 0 spiro atoms. The van der Waals surface area contributed by atoms with Crippen LogP contribution in [0.25, 0.3) is 55.7 Å². The average Bonchev–Trinajstić information content (AvgIpc) is 3.85. The van der Waals surface area contributed by atoms with Gasteiger partial charge in [-0.15, -0.1) is 0 Å². The molecule has 0 nitrogen and oxygen atoms in total. The Morgan fingerprint density at radius 3 is 0.636 bits per heavy atom. The number of rotatable bonds is 12. The van der Waals surface area contributed by atoms with Crippen LogP contribution in [0.3, 0.4) is 0 Å². The summed E-state index contributed by atoms with van der Waals surface area (Å²) >= 11 is 0. The molecule has 0 N–H and O–H groups in total. The second-order valence-electron chi connectivity index (χ2n) is 19.9. The van der Waals surface area contributed by atoms with Gasteiger partial charge in [0.1, 0.15) is 0 Å². The fraction of sp³-hybridized carbons (Fsp3) is 0.0130. The lowest BCUT2D eigenvalue weighted by molar-refractivity contribution is 0.769. The molecule has 0 fully saturated rings. The summed E-state index contributed by atoms with van der Waals surface area (Å²) in [6.45, 7) is 0. The zero-order valence-corrected chi connectivity index (χ0v) is 42.7. The Hall–Kier alpha value is -9.88. The van der Waals surface area contributed by atoms with Crippen LogP contribution in [0.15, 0.2) is 328 Å². The number of fused-ring (bicyclic) bond motifs is 3. The van der Waals surface area contributed by atoms with Crippen LogP contribution in [-0.2, 0) is 5.41 Å². The number of benzene rings is 12. The highest BCUT2D eigenvalue weighted by atomic mass is 14.5. The molecule has 0 saturated heterocycles. The van der Waals surface area contributed by atoms with E-state index in [1.807, 2.05) is 0 Å². The van der Waals surface area contributed by atoms with Crippen molar-refractivity contribution in [3.63, 3.8) is 0 Å². The van der Waals surface area contributed by atoms with Gasteiger partial charge in [0.05, 0.1) is 5.41 Å². The van der Waals surface area contributed by atoms with Crippen molar-refractivity contribution in [2.45, 2.75) is 5.41 Å². The van der Waals surface area contributed by atoms with E-state index in [-0.39, 0.29) is 0 Å². The van der Waals surface area contributed by atoms with Gasteiger partial charge in [0.15, 0.2) is 0 Å². The highest BCUT2D eigenvalue weighted by Gasteiger charge is 2.46. The van der Waals surface area contributed by atoms with E-state index < -0.39 is 5.41 Å². The minimum absolute atomic E-state index is 0.591. The minimum atomic E-state index is -0.591. The molecule has 0 aromatic heterocycles. The first-order chi connectivity index (χ1) is 38.2. The van der Waals surface area contributed by atoms with Crippen molar-refractivity contribution in [2.24, 2.45) is 0 Å². The SMILES string of the molecule is c1ccc(C(=C(c2ccccc2)c2ccc(-c3ccc4c(c3)C(c3ccccc3)(c3ccccc3)c3cc(-c5ccc(C(=C(c6ccccc6)c6ccccc6)c6ccccc6)cc5)ccc3-4)cc2)c2ccccc2)cc1. The van der Waals surface area contributed by atoms with Gasteiger partial charge in [-0.2, -0.15) is 0 Å². The van der Waals surface area contributed by atoms with Crippen molar-refractivity contribution < 1.29 is 0 Å². The summed E-state index contributed by atoms with van der Waals surface area (Å²) in [5, 5.41) is 0. The Morgan fingerprint density at radius 2 is 0.390 bits per heavy atom. The van der Waals surface area contributed by atoms with Crippen molar-refractivity contribution >= 4 is 22.3 Å². The fourth-order valence-electron chi connectivity index (χ4n) is 12.0. The number of hydrogen-bond donors (Lipinski definition) is 0. The Labute approximate surface area is 452 Å². The quantitative estimate of drug-likeness (QED) is 0.107. The van der Waals surface area contributed by atoms with Crippen LogP contribution in [0.5, 0.6) is 0 Å². The average molecular weight is 979 g/mol. The third-order valence-corrected chi connectivity index (χ3v) is 15.4. The van der Waals surface area contributed by atoms with Crippen molar-refractivity contribution in [1.29, 1.82) is 0 Å². The molecule has 0 bridgehead atoms. The summed E-state index contributed by atoms with van der Waals surface area (Å²) in [5.74, 6) is 0. The molecule has 0 atom stereocenters. The van der Waals surface area contributed by atoms with E-state index >= 15 is 0 Å². The molecule has 12 aromatic carbocycles. The maximum Gasteiger partial charge on any atom is 0.0713 e. The van der Waals surface area contributed by atoms with Crippen LogP contribution < -0.4 is 0 Å². The zero-order chi connectivity index (χ0) is 51.4. The van der Waals surface area contributed by atoms with Gasteiger partial charge in [-0.05, 0) is 135 Å². The molecular weight excluding hydrogens is 925 g/mol. The Morgan fingerprint density at radius 1 is 0.182 bits per heavy atom. The standard InChI is InChI=1S/C77H54/c1-9-25-57(26-10-1)73(58-27-11-2-12-28-58)75(61-33-17-5-18-34-61)63-45-41-55(42-46-63)65-49-51-69-70-52-50-66(54-72(70)77(71(69)53-65,67-37-21-7-22-38-67)68-39-23-8-24-40-68)56-43-47-64(48-44-56)76(62-35-19-6-20-36-62)74(59-29-13-3-14-30-59)60-31-15-4-16-32-60/h1-54H. The molecular formula is C77H54. The van der Waals surface area contributed by atoms with Crippen LogP contribution >= 0.6 is 0 Å². The molecule has 0 aliphatic heterocycles. The largest absolute Gasteiger partial charge is 0.0713 e. The maximum absolute atomic E-state index is 2.47. The molecule has 12 aromatic rings. The van der Waals surface area contributed by atoms with Crippen molar-refractivity contribution in [1.82, 2.24) is 0 Å². The monoisotopic (exact) mass is 978 g/mol. The summed E-state index contributed by atoms with van der Waals surface area (Å²) in [4.78, 5) is 0. The summed E-state index contributed by atoms with van der Waals surface area (Å²) < 4.78 is 0. The van der Waals surface area contributed by atoms with Crippen LogP contribution in [-0.4, -0.2) is 0 Å². The Kier molecular flexibility index (Phi) is 12.7. The predicted molar refractivity (Wildman–Crippen MR) is 323 cm³/mol. The summed E-state index contributed by atoms with van der Waals surface area (Å²) in [6, 6.07) is 120. The lowest BCUT2D eigenvalue weighted by Gasteiger charge is -2.34. The van der Waals surface area contributed by atoms with E-state index in [1.54, 1.807) is 0 Å². The smallest absolute Gasteiger partial charge is 0.0622 e. The normalized spacial score (nSPS) is 12.0. The lowest BCUT2D eigenvalue weighted by atomic mass is 9.67. The molecule has 1 aliphatic carbocycles. The molecule has 0 heteroatoms. The highest BCUT2D eigenvalue weighted by Crippen LogP contribution is 2.57. The molecule has 13 rings (SSSR count). The second-order valence-corrected chi connectivity index (χ2v) is 19.9. The molecule has 0 radical (unpaired) electrons. The molecule has 77 heavy (non-hydrogen) atoms. The van der Waals surface area contributed by atoms with Crippen LogP contribution in [0.4, 0.5) is 0 Å². The summed E-state index contributed by atoms with van der Waals surface area (Å²) in [7, 11) is 0. The molecule has 0 saturated carbocycles. The Bertz CT molecular complexity index is 3680. The van der Waals surface area contributed by atoms with E-state index in [9.17, 15) is 0 Å². The lowest BCUT2D eigenvalue weighted by Crippen LogP contribution is -2.28. The van der Waals surface area contributed by atoms with Crippen LogP contribution in [0, 0.1) is 0 Å². The third-order valence-electron chi connectivity index (χ3n) is 15.4. The zero-order valence-electron chi connectivity index (χ0n) is 42.7. The van der Waals surface area contributed by atoms with Gasteiger partial charge in [-0.25, -0.2) is 0 Å². The summed E-state index contributed by atoms with van der Waals surface area (Å²) in [6.07, 6.45) is 0. The first kappa shape index (κ1) is 46.9. The topological polar surface area (TPSA) is 0 Å². The number of hydrogen-bond acceptors (Lipinski definition) is 0. The van der Waals surface area contributed by atoms with Gasteiger partial charge in [-0.3, -0.25) is 0 Å². The van der Waals surface area contributed by atoms with Crippen molar-refractivity contribution in [3.8, 4) is 33.4 Å². The molecule has 0 heterocycles. The molecule has 362 valence electrons. The first-order valence-electron chi connectivity index (χ1n) is 26.7. The van der Waals surface area contributed by atoms with Gasteiger partial charge >= 0.3 is 0 Å². The van der Waals surface area contributed by atoms with Gasteiger partial charge in [0.25, 0.3) is 0 Å². The van der Waals surface area contributed by atoms with Gasteiger partial charge in [-0.1, -0.05) is 315 Å². The van der Waals surface area contributed by atoms with Gasteiger partial charge in [0.2, 0.25) is 0 Å². The van der Waals surface area contributed by atoms with Crippen molar-refractivity contribution in [3.05, 3.63) is 394 Å². The van der Waals surface area contributed by atoms with E-state index in [0.29, 0.717) is 0 Å². The van der Waals surface area contributed by atoms with Crippen LogP contribution in [0.1, 0.15) is 66.8 Å². The molecule has 0 amide bonds. The summed E-state index contributed by atoms with van der Waals surface area (Å²) in [5.41, 5.74) is 25.9. The second kappa shape index (κ2) is 20.8. The first-order valence-corrected chi connectivity index (χ1v) is 26.7. The maximum atomic E-state index is 2.47. The van der Waals surface area contributed by atoms with E-state index in [2.05, 4.69) is 328 Å². The predicted octanol–water partition coefficient (Wildman–Crippen LogP) is 19.4. The minimum Gasteiger partial charge on any atom is -0.0622 e. The van der Waals surface area contributed by atoms with Crippen LogP contribution in [0.2, 0.25) is 0 Å². The molecule has 1 aliphatic rings. The molecule has 0 unspecified atom stereocenters. The van der Waals surface area contributed by atoms with Crippen molar-refractivity contribution in [2.75, 3.05) is 0 Å².